The fourth-order valence-electron chi connectivity index (χ4n) is 6.03. The molecule has 2 fully saturated rings. The summed E-state index contributed by atoms with van der Waals surface area (Å²) in [5, 5.41) is 19.1. The van der Waals surface area contributed by atoms with Gasteiger partial charge in [0, 0.05) is 62.7 Å². The summed E-state index contributed by atoms with van der Waals surface area (Å²) in [5.41, 5.74) is 11.1. The van der Waals surface area contributed by atoms with Crippen LogP contribution in [0.2, 0.25) is 0 Å². The number of benzene rings is 1. The van der Waals surface area contributed by atoms with E-state index in [0.717, 1.165) is 85.8 Å². The molecule has 6 rings (SSSR count). The Kier molecular flexibility index (Phi) is 6.48. The Labute approximate surface area is 223 Å². The van der Waals surface area contributed by atoms with E-state index in [9.17, 15) is 0 Å². The second-order valence-corrected chi connectivity index (χ2v) is 10.8. The van der Waals surface area contributed by atoms with Crippen LogP contribution >= 0.6 is 0 Å². The van der Waals surface area contributed by atoms with Crippen molar-refractivity contribution in [3.63, 3.8) is 0 Å². The van der Waals surface area contributed by atoms with E-state index in [0.29, 0.717) is 11.8 Å². The lowest BCUT2D eigenvalue weighted by atomic mass is 9.76. The smallest absolute Gasteiger partial charge is 0.203 e. The van der Waals surface area contributed by atoms with Crippen molar-refractivity contribution in [1.29, 1.82) is 0 Å². The number of ether oxygens (including phenoxy) is 1. The van der Waals surface area contributed by atoms with Crippen LogP contribution in [-0.2, 0) is 12.7 Å². The summed E-state index contributed by atoms with van der Waals surface area (Å²) < 4.78 is 7.58. The number of aromatic nitrogens is 4. The molecule has 202 valence electrons. The third kappa shape index (κ3) is 4.49. The van der Waals surface area contributed by atoms with Gasteiger partial charge >= 0.3 is 0 Å². The molecule has 0 amide bonds. The number of H-pyrrole nitrogens is 1. The molecule has 2 aliphatic heterocycles. The summed E-state index contributed by atoms with van der Waals surface area (Å²) >= 11 is 0. The summed E-state index contributed by atoms with van der Waals surface area (Å²) in [6.45, 7) is 4.10. The van der Waals surface area contributed by atoms with Crippen molar-refractivity contribution in [3.05, 3.63) is 36.2 Å². The summed E-state index contributed by atoms with van der Waals surface area (Å²) in [5.74, 6) is 2.24. The lowest BCUT2D eigenvalue weighted by molar-refractivity contribution is 0.214. The monoisotopic (exact) mass is 518 g/mol. The van der Waals surface area contributed by atoms with Crippen LogP contribution in [0.25, 0.3) is 11.3 Å². The van der Waals surface area contributed by atoms with E-state index in [1.807, 2.05) is 19.4 Å². The molecule has 1 aromatic carbocycles. The van der Waals surface area contributed by atoms with Crippen LogP contribution in [0.15, 0.2) is 35.6 Å². The summed E-state index contributed by atoms with van der Waals surface area (Å²) in [6.07, 6.45) is 9.43. The summed E-state index contributed by atoms with van der Waals surface area (Å²) in [4.78, 5) is 9.90. The molecule has 1 saturated carbocycles. The number of piperazine rings is 1. The Morgan fingerprint density at radius 3 is 2.61 bits per heavy atom. The first-order valence-corrected chi connectivity index (χ1v) is 13.6. The molecule has 4 heterocycles. The molecule has 3 aromatic rings. The molecule has 5 N–H and O–H groups in total. The van der Waals surface area contributed by atoms with Gasteiger partial charge in [-0.3, -0.25) is 9.78 Å². The number of nitrogens with zero attached hydrogens (tertiary/aromatic N) is 6. The van der Waals surface area contributed by atoms with Crippen LogP contribution < -0.4 is 26.0 Å². The van der Waals surface area contributed by atoms with Gasteiger partial charge < -0.3 is 30.9 Å². The average molecular weight is 519 g/mol. The van der Waals surface area contributed by atoms with Gasteiger partial charge in [0.25, 0.3) is 0 Å². The Morgan fingerprint density at radius 1 is 1.11 bits per heavy atom. The molecular formula is C27H38N10O. The van der Waals surface area contributed by atoms with E-state index in [1.165, 1.54) is 6.42 Å². The molecule has 38 heavy (non-hydrogen) atoms. The van der Waals surface area contributed by atoms with E-state index in [-0.39, 0.29) is 5.92 Å². The summed E-state index contributed by atoms with van der Waals surface area (Å²) in [6, 6.07) is 6.28. The molecule has 2 aromatic heterocycles. The van der Waals surface area contributed by atoms with E-state index in [4.69, 9.17) is 15.5 Å². The predicted octanol–water partition coefficient (Wildman–Crippen LogP) is 3.16. The van der Waals surface area contributed by atoms with Gasteiger partial charge in [0.05, 0.1) is 30.3 Å². The number of nitrogens with two attached hydrogens (primary N) is 1. The van der Waals surface area contributed by atoms with Crippen LogP contribution in [0, 0.1) is 5.92 Å². The third-order valence-corrected chi connectivity index (χ3v) is 8.23. The molecule has 11 heteroatoms. The maximum Gasteiger partial charge on any atom is 0.203 e. The zero-order valence-electron chi connectivity index (χ0n) is 22.5. The first-order chi connectivity index (χ1) is 18.4. The molecular weight excluding hydrogens is 480 g/mol. The van der Waals surface area contributed by atoms with Gasteiger partial charge in [-0.25, -0.2) is 4.99 Å². The van der Waals surface area contributed by atoms with Gasteiger partial charge in [0.2, 0.25) is 5.96 Å². The zero-order chi connectivity index (χ0) is 26.3. The summed E-state index contributed by atoms with van der Waals surface area (Å²) in [7, 11) is 5.77. The van der Waals surface area contributed by atoms with Crippen molar-refractivity contribution in [3.8, 4) is 17.0 Å². The fourth-order valence-corrected chi connectivity index (χ4v) is 6.03. The molecule has 1 saturated heterocycles. The predicted molar refractivity (Wildman–Crippen MR) is 151 cm³/mol. The van der Waals surface area contributed by atoms with Gasteiger partial charge in [-0.05, 0) is 32.0 Å². The molecule has 0 bridgehead atoms. The van der Waals surface area contributed by atoms with Crippen molar-refractivity contribution in [2.24, 2.45) is 23.7 Å². The van der Waals surface area contributed by atoms with Gasteiger partial charge in [0.15, 0.2) is 5.82 Å². The lowest BCUT2D eigenvalue weighted by Gasteiger charge is -2.40. The average Bonchev–Trinajstić information content (AvgIpc) is 3.56. The first-order valence-electron chi connectivity index (χ1n) is 13.6. The fraction of sp³-hybridized carbons (Fsp3) is 0.519. The first kappa shape index (κ1) is 24.7. The van der Waals surface area contributed by atoms with Crippen molar-refractivity contribution >= 4 is 23.2 Å². The topological polar surface area (TPSA) is 125 Å². The third-order valence-electron chi connectivity index (χ3n) is 8.23. The number of fused-ring (bicyclic) bond motifs is 1. The highest BCUT2D eigenvalue weighted by Gasteiger charge is 2.45. The molecule has 1 atom stereocenters. The van der Waals surface area contributed by atoms with Crippen molar-refractivity contribution in [2.75, 3.05) is 55.9 Å². The van der Waals surface area contributed by atoms with E-state index in [2.05, 4.69) is 61.0 Å². The van der Waals surface area contributed by atoms with Crippen molar-refractivity contribution in [2.45, 2.75) is 37.8 Å². The number of rotatable bonds is 5. The molecule has 1 aliphatic carbocycles. The number of methoxy groups -OCH3 is 1. The molecule has 11 nitrogen and oxygen atoms in total. The van der Waals surface area contributed by atoms with Crippen LogP contribution in [-0.4, -0.2) is 71.2 Å². The Hall–Kier alpha value is -3.57. The number of hydrogen-bond acceptors (Lipinski definition) is 9. The van der Waals surface area contributed by atoms with Crippen molar-refractivity contribution < 1.29 is 4.74 Å². The maximum absolute atomic E-state index is 7.29. The normalized spacial score (nSPS) is 22.5. The van der Waals surface area contributed by atoms with E-state index >= 15 is 0 Å². The lowest BCUT2D eigenvalue weighted by Crippen LogP contribution is -2.48. The van der Waals surface area contributed by atoms with Crippen LogP contribution in [0.4, 0.5) is 17.2 Å². The van der Waals surface area contributed by atoms with E-state index in [1.54, 1.807) is 11.8 Å². The minimum Gasteiger partial charge on any atom is -0.494 e. The van der Waals surface area contributed by atoms with Gasteiger partial charge in [-0.15, -0.1) is 0 Å². The Bertz CT molecular complexity index is 1320. The highest BCUT2D eigenvalue weighted by Crippen LogP contribution is 2.46. The molecule has 3 aliphatic rings. The number of anilines is 3. The number of nitrogens with one attached hydrogen (secondary N) is 3. The number of likely N-dealkylation sites (N-methyl/N-ethyl adjacent to an activating group) is 1. The number of aromatic amines is 1. The SMILES string of the molecule is COc1cc(N2CCN(C)CC2)ccc1NC1=NC(N)(C2CCCCC2)c2c(n[nH]c2-c2cnn(C)c2)N1. The molecule has 0 spiro atoms. The van der Waals surface area contributed by atoms with Gasteiger partial charge in [-0.1, -0.05) is 19.3 Å². The minimum absolute atomic E-state index is 0.212. The maximum atomic E-state index is 7.29. The van der Waals surface area contributed by atoms with Crippen molar-refractivity contribution in [1.82, 2.24) is 24.9 Å². The standard InChI is InChI=1S/C27H38N10O/c1-35-11-13-37(14-12-35)20-9-10-21(22(15-20)38-3)30-26-31-25-23(24(33-34-25)18-16-29-36(2)17-18)27(28,32-26)19-7-5-4-6-8-19/h9-10,15-17,19H,4-8,11-14,28H2,1-3H3,(H3,30,31,32,33,34). The second kappa shape index (κ2) is 9.95. The number of hydrogen-bond donors (Lipinski definition) is 4. The highest BCUT2D eigenvalue weighted by atomic mass is 16.5. The quantitative estimate of drug-likeness (QED) is 0.406. The van der Waals surface area contributed by atoms with Gasteiger partial charge in [-0.2, -0.15) is 10.2 Å². The molecule has 0 radical (unpaired) electrons. The van der Waals surface area contributed by atoms with Crippen LogP contribution in [0.1, 0.15) is 37.7 Å². The largest absolute Gasteiger partial charge is 0.494 e. The molecule has 1 unspecified atom stereocenters. The number of aliphatic imine (C=N–C) groups is 1. The second-order valence-electron chi connectivity index (χ2n) is 10.8. The minimum atomic E-state index is -0.922. The van der Waals surface area contributed by atoms with Gasteiger partial charge in [0.1, 0.15) is 11.4 Å². The van der Waals surface area contributed by atoms with Crippen LogP contribution in [0.3, 0.4) is 0 Å². The Morgan fingerprint density at radius 2 is 1.89 bits per heavy atom. The zero-order valence-corrected chi connectivity index (χ0v) is 22.5. The number of guanidine groups is 1. The van der Waals surface area contributed by atoms with Crippen LogP contribution in [0.5, 0.6) is 5.75 Å². The van der Waals surface area contributed by atoms with E-state index < -0.39 is 5.66 Å². The highest BCUT2D eigenvalue weighted by molar-refractivity contribution is 6.06. The Balaban J connectivity index is 1.33. The number of aryl methyl sites for hydroxylation is 1.